The Morgan fingerprint density at radius 1 is 1.19 bits per heavy atom. The summed E-state index contributed by atoms with van der Waals surface area (Å²) in [6.07, 6.45) is 12.3. The molecule has 2 unspecified atom stereocenters. The van der Waals surface area contributed by atoms with Crippen LogP contribution in [0.15, 0.2) is 23.3 Å². The lowest BCUT2D eigenvalue weighted by Crippen LogP contribution is -2.62. The molecule has 0 spiro atoms. The van der Waals surface area contributed by atoms with E-state index in [2.05, 4.69) is 32.9 Å². The maximum atomic E-state index is 12.7. The Kier molecular flexibility index (Phi) is 5.97. The van der Waals surface area contributed by atoms with E-state index in [9.17, 15) is 9.59 Å². The smallest absolute Gasteiger partial charge is 0.303 e. The predicted molar refractivity (Wildman–Crippen MR) is 118 cm³/mol. The maximum Gasteiger partial charge on any atom is 0.303 e. The van der Waals surface area contributed by atoms with Crippen LogP contribution in [0.25, 0.3) is 0 Å². The molecular weight excluding hydrogens is 392 g/mol. The number of carbonyl (C=O) groups excluding carboxylic acids is 2. The molecule has 172 valence electrons. The average Bonchev–Trinajstić information content (AvgIpc) is 3.08. The van der Waals surface area contributed by atoms with E-state index < -0.39 is 17.0 Å². The van der Waals surface area contributed by atoms with Gasteiger partial charge in [-0.25, -0.2) is 0 Å². The lowest BCUT2D eigenvalue weighted by molar-refractivity contribution is -0.195. The molecule has 4 rings (SSSR count). The molecule has 4 aliphatic rings. The molecule has 3 saturated carbocycles. The fourth-order valence-corrected chi connectivity index (χ4v) is 7.82. The van der Waals surface area contributed by atoms with Crippen LogP contribution < -0.4 is 0 Å². The molecule has 0 radical (unpaired) electrons. The molecule has 5 heteroatoms. The summed E-state index contributed by atoms with van der Waals surface area (Å²) in [5, 5.41) is 0. The molecule has 31 heavy (non-hydrogen) atoms. The lowest BCUT2D eigenvalue weighted by Gasteiger charge is -2.60. The van der Waals surface area contributed by atoms with Crippen LogP contribution in [0.5, 0.6) is 0 Å². The molecule has 4 aliphatic carbocycles. The Hall–Kier alpha value is -1.46. The van der Waals surface area contributed by atoms with Crippen LogP contribution in [0.4, 0.5) is 0 Å². The van der Waals surface area contributed by atoms with Crippen molar-refractivity contribution < 1.29 is 23.8 Å². The fraction of sp³-hybridized carbons (Fsp3) is 0.769. The Balaban J connectivity index is 1.78. The maximum absolute atomic E-state index is 12.7. The van der Waals surface area contributed by atoms with E-state index in [1.54, 1.807) is 7.11 Å². The van der Waals surface area contributed by atoms with Gasteiger partial charge in [0.05, 0.1) is 6.10 Å². The van der Waals surface area contributed by atoms with Gasteiger partial charge >= 0.3 is 5.97 Å². The molecule has 0 aromatic carbocycles. The highest BCUT2D eigenvalue weighted by Crippen LogP contribution is 2.67. The minimum absolute atomic E-state index is 0.160. The largest absolute Gasteiger partial charge is 0.450 e. The molecule has 0 aromatic rings. The van der Waals surface area contributed by atoms with Gasteiger partial charge in [0.2, 0.25) is 0 Å². The highest BCUT2D eigenvalue weighted by Gasteiger charge is 2.65. The molecular formula is C26H38O5. The third-order valence-electron chi connectivity index (χ3n) is 9.44. The summed E-state index contributed by atoms with van der Waals surface area (Å²) in [4.78, 5) is 25.0. The van der Waals surface area contributed by atoms with Crippen molar-refractivity contribution in [2.24, 2.45) is 28.6 Å². The first-order valence-corrected chi connectivity index (χ1v) is 11.9. The van der Waals surface area contributed by atoms with Crippen LogP contribution in [-0.2, 0) is 23.8 Å². The monoisotopic (exact) mass is 430 g/mol. The van der Waals surface area contributed by atoms with E-state index in [1.807, 2.05) is 0 Å². The molecule has 0 N–H and O–H groups in total. The first kappa shape index (κ1) is 22.7. The van der Waals surface area contributed by atoms with Gasteiger partial charge < -0.3 is 14.2 Å². The van der Waals surface area contributed by atoms with Crippen molar-refractivity contribution in [2.75, 3.05) is 13.9 Å². The fourth-order valence-electron chi connectivity index (χ4n) is 7.82. The number of methoxy groups -OCH3 is 1. The van der Waals surface area contributed by atoms with Crippen molar-refractivity contribution >= 4 is 12.3 Å². The Labute approximate surface area is 186 Å². The number of hydrogen-bond donors (Lipinski definition) is 0. The third kappa shape index (κ3) is 3.26. The van der Waals surface area contributed by atoms with E-state index in [4.69, 9.17) is 14.2 Å². The number of rotatable bonds is 6. The van der Waals surface area contributed by atoms with E-state index in [0.717, 1.165) is 30.6 Å². The summed E-state index contributed by atoms with van der Waals surface area (Å²) in [5.74, 6) is 1.12. The van der Waals surface area contributed by atoms with Gasteiger partial charge in [0.25, 0.3) is 0 Å². The van der Waals surface area contributed by atoms with Crippen molar-refractivity contribution in [3.63, 3.8) is 0 Å². The summed E-state index contributed by atoms with van der Waals surface area (Å²) < 4.78 is 16.9. The normalized spacial score (nSPS) is 43.8. The Morgan fingerprint density at radius 2 is 1.97 bits per heavy atom. The third-order valence-corrected chi connectivity index (χ3v) is 9.44. The van der Waals surface area contributed by atoms with Gasteiger partial charge in [-0.15, -0.1) is 0 Å². The van der Waals surface area contributed by atoms with Gasteiger partial charge in [0.15, 0.2) is 11.9 Å². The number of esters is 1. The van der Waals surface area contributed by atoms with E-state index in [0.29, 0.717) is 17.8 Å². The zero-order chi connectivity index (χ0) is 22.4. The van der Waals surface area contributed by atoms with Crippen molar-refractivity contribution in [3.05, 3.63) is 23.3 Å². The lowest BCUT2D eigenvalue weighted by atomic mass is 9.46. The van der Waals surface area contributed by atoms with Gasteiger partial charge in [-0.2, -0.15) is 0 Å². The number of fused-ring (bicyclic) bond motifs is 5. The number of ether oxygens (including phenoxy) is 3. The Morgan fingerprint density at radius 3 is 2.61 bits per heavy atom. The van der Waals surface area contributed by atoms with Crippen molar-refractivity contribution in [2.45, 2.75) is 84.3 Å². The topological polar surface area (TPSA) is 61.8 Å². The second-order valence-electron chi connectivity index (χ2n) is 10.6. The molecule has 0 bridgehead atoms. The van der Waals surface area contributed by atoms with E-state index in [-0.39, 0.29) is 18.8 Å². The predicted octanol–water partition coefficient (Wildman–Crippen LogP) is 5.00. The molecule has 0 saturated heterocycles. The van der Waals surface area contributed by atoms with Gasteiger partial charge in [-0.3, -0.25) is 9.59 Å². The molecule has 0 amide bonds. The minimum atomic E-state index is -1.22. The van der Waals surface area contributed by atoms with Crippen LogP contribution in [-0.4, -0.2) is 37.9 Å². The quantitative estimate of drug-likeness (QED) is 0.337. The SMILES string of the molecule is CC[C@H]1CC[C@H]2C3=CC=C4CC(OCOC)CC(C=O)(OC(C)=O)[C@]4(C)[C@H]3CC[C@]12C. The van der Waals surface area contributed by atoms with Crippen molar-refractivity contribution in [3.8, 4) is 0 Å². The number of allylic oxidation sites excluding steroid dienone is 3. The van der Waals surface area contributed by atoms with Gasteiger partial charge in [-0.1, -0.05) is 50.5 Å². The van der Waals surface area contributed by atoms with Crippen LogP contribution >= 0.6 is 0 Å². The van der Waals surface area contributed by atoms with Crippen molar-refractivity contribution in [1.29, 1.82) is 0 Å². The van der Waals surface area contributed by atoms with Gasteiger partial charge in [-0.05, 0) is 55.3 Å². The summed E-state index contributed by atoms with van der Waals surface area (Å²) in [7, 11) is 1.59. The Bertz CT molecular complexity index is 800. The summed E-state index contributed by atoms with van der Waals surface area (Å²) in [6, 6.07) is 0. The summed E-state index contributed by atoms with van der Waals surface area (Å²) in [6.45, 7) is 8.52. The second-order valence-corrected chi connectivity index (χ2v) is 10.6. The molecule has 0 heterocycles. The van der Waals surface area contributed by atoms with Crippen LogP contribution in [0.2, 0.25) is 0 Å². The van der Waals surface area contributed by atoms with Crippen LogP contribution in [0.3, 0.4) is 0 Å². The summed E-state index contributed by atoms with van der Waals surface area (Å²) >= 11 is 0. The zero-order valence-corrected chi connectivity index (χ0v) is 19.7. The molecule has 0 aliphatic heterocycles. The highest BCUT2D eigenvalue weighted by molar-refractivity contribution is 5.75. The molecule has 0 aromatic heterocycles. The highest BCUT2D eigenvalue weighted by atomic mass is 16.7. The second kappa shape index (κ2) is 8.15. The number of aldehydes is 1. The number of carbonyl (C=O) groups is 2. The average molecular weight is 431 g/mol. The first-order chi connectivity index (χ1) is 14.8. The van der Waals surface area contributed by atoms with Crippen LogP contribution in [0.1, 0.15) is 72.6 Å². The van der Waals surface area contributed by atoms with Crippen molar-refractivity contribution in [1.82, 2.24) is 0 Å². The molecule has 5 nitrogen and oxygen atoms in total. The van der Waals surface area contributed by atoms with E-state index >= 15 is 0 Å². The number of hydrogen-bond acceptors (Lipinski definition) is 5. The first-order valence-electron chi connectivity index (χ1n) is 11.9. The minimum Gasteiger partial charge on any atom is -0.450 e. The molecule has 3 fully saturated rings. The van der Waals surface area contributed by atoms with Gasteiger partial charge in [0, 0.05) is 25.9 Å². The summed E-state index contributed by atoms with van der Waals surface area (Å²) in [5.41, 5.74) is 1.22. The van der Waals surface area contributed by atoms with E-state index in [1.165, 1.54) is 38.2 Å². The van der Waals surface area contributed by atoms with Crippen LogP contribution in [0, 0.1) is 28.6 Å². The molecule has 7 atom stereocenters. The standard InChI is InChI=1S/C26H38O5/c1-6-18-8-10-22-21-9-7-19-13-20(30-16-29-5)14-26(15-27,31-17(2)28)25(19,4)23(21)11-12-24(18,22)3/h7,9,15,18,20,22-23H,6,8,10-14,16H2,1-5H3/t18-,20?,22-,23-,24+,25-,26?/m0/s1. The zero-order valence-electron chi connectivity index (χ0n) is 19.7. The van der Waals surface area contributed by atoms with Gasteiger partial charge in [0.1, 0.15) is 6.79 Å².